The minimum Gasteiger partial charge on any atom is -0.379 e. The Labute approximate surface area is 104 Å². The topological polar surface area (TPSA) is 71.7 Å². The van der Waals surface area contributed by atoms with Crippen LogP contribution in [0.4, 0.5) is 0 Å². The van der Waals surface area contributed by atoms with Gasteiger partial charge in [-0.2, -0.15) is 0 Å². The lowest BCUT2D eigenvalue weighted by molar-refractivity contribution is 0.117. The number of nitrogens with zero attached hydrogens (tertiary/aromatic N) is 1. The van der Waals surface area contributed by atoms with Crippen LogP contribution in [0, 0.1) is 5.92 Å². The fraction of sp³-hybridized carbons (Fsp3) is 0.917. The molecule has 0 aliphatic heterocycles. The maximum absolute atomic E-state index is 5.46. The van der Waals surface area contributed by atoms with Crippen molar-refractivity contribution in [3.05, 3.63) is 0 Å². The van der Waals surface area contributed by atoms with Crippen molar-refractivity contribution in [3.63, 3.8) is 0 Å². The van der Waals surface area contributed by atoms with E-state index in [4.69, 9.17) is 10.6 Å². The predicted octanol–water partition coefficient (Wildman–Crippen LogP) is 1.01. The monoisotopic (exact) mass is 242 g/mol. The second-order valence-electron chi connectivity index (χ2n) is 4.97. The highest BCUT2D eigenvalue weighted by Crippen LogP contribution is 2.17. The molecule has 0 atom stereocenters. The van der Waals surface area contributed by atoms with Crippen LogP contribution in [0.25, 0.3) is 0 Å². The lowest BCUT2D eigenvalue weighted by Crippen LogP contribution is -2.45. The van der Waals surface area contributed by atoms with Gasteiger partial charge in [0.2, 0.25) is 5.96 Å². The van der Waals surface area contributed by atoms with Gasteiger partial charge >= 0.3 is 0 Å². The molecule has 0 amide bonds. The molecule has 1 aliphatic rings. The van der Waals surface area contributed by atoms with Crippen LogP contribution in [0.15, 0.2) is 4.99 Å². The third kappa shape index (κ3) is 6.48. The number of aliphatic imine (C=N–C) groups is 1. The molecular weight excluding hydrogens is 216 g/mol. The molecule has 4 N–H and O–H groups in total. The molecule has 17 heavy (non-hydrogen) atoms. The van der Waals surface area contributed by atoms with Gasteiger partial charge in [0.25, 0.3) is 0 Å². The predicted molar refractivity (Wildman–Crippen MR) is 70.7 cm³/mol. The lowest BCUT2D eigenvalue weighted by atomic mass is 10.2. The summed E-state index contributed by atoms with van der Waals surface area (Å²) in [4.78, 5) is 4.35. The second-order valence-corrected chi connectivity index (χ2v) is 4.97. The van der Waals surface area contributed by atoms with E-state index in [1.54, 1.807) is 0 Å². The molecule has 0 aromatic rings. The lowest BCUT2D eigenvalue weighted by Gasteiger charge is -2.15. The van der Waals surface area contributed by atoms with Gasteiger partial charge in [0.1, 0.15) is 0 Å². The van der Waals surface area contributed by atoms with Crippen molar-refractivity contribution in [2.75, 3.05) is 19.8 Å². The van der Waals surface area contributed by atoms with E-state index in [0.717, 1.165) is 6.61 Å². The summed E-state index contributed by atoms with van der Waals surface area (Å²) in [5, 5.41) is 3.32. The van der Waals surface area contributed by atoms with Gasteiger partial charge in [-0.15, -0.1) is 0 Å². The van der Waals surface area contributed by atoms with Gasteiger partial charge in [0.05, 0.1) is 13.2 Å². The van der Waals surface area contributed by atoms with E-state index in [0.29, 0.717) is 31.1 Å². The molecule has 1 fully saturated rings. The van der Waals surface area contributed by atoms with E-state index in [-0.39, 0.29) is 0 Å². The average Bonchev–Trinajstić information content (AvgIpc) is 2.79. The number of hydrazine groups is 1. The summed E-state index contributed by atoms with van der Waals surface area (Å²) >= 11 is 0. The van der Waals surface area contributed by atoms with Gasteiger partial charge < -0.3 is 10.1 Å². The molecule has 5 heteroatoms. The van der Waals surface area contributed by atoms with Crippen LogP contribution in [-0.2, 0) is 4.74 Å². The van der Waals surface area contributed by atoms with Crippen molar-refractivity contribution in [1.29, 1.82) is 0 Å². The molecular formula is C12H26N4O. The first-order chi connectivity index (χ1) is 8.22. The SMILES string of the molecule is CC(C)COCCN=C(NN)NC1CCCC1. The van der Waals surface area contributed by atoms with E-state index < -0.39 is 0 Å². The van der Waals surface area contributed by atoms with E-state index >= 15 is 0 Å². The minimum absolute atomic E-state index is 0.529. The summed E-state index contributed by atoms with van der Waals surface area (Å²) in [6.07, 6.45) is 5.02. The zero-order valence-corrected chi connectivity index (χ0v) is 11.0. The number of rotatable bonds is 6. The summed E-state index contributed by atoms with van der Waals surface area (Å²) in [5.41, 5.74) is 2.61. The molecule has 0 aromatic carbocycles. The zero-order chi connectivity index (χ0) is 12.5. The molecule has 1 saturated carbocycles. The molecule has 0 saturated heterocycles. The molecule has 0 heterocycles. The number of guanidine groups is 1. The summed E-state index contributed by atoms with van der Waals surface area (Å²) < 4.78 is 5.46. The summed E-state index contributed by atoms with van der Waals surface area (Å²) in [5.74, 6) is 6.69. The average molecular weight is 242 g/mol. The molecule has 0 unspecified atom stereocenters. The molecule has 5 nitrogen and oxygen atoms in total. The van der Waals surface area contributed by atoms with Crippen molar-refractivity contribution in [2.45, 2.75) is 45.6 Å². The number of ether oxygens (including phenoxy) is 1. The van der Waals surface area contributed by atoms with Crippen LogP contribution in [0.3, 0.4) is 0 Å². The molecule has 1 rings (SSSR count). The second kappa shape index (κ2) is 8.31. The standard InChI is InChI=1S/C12H26N4O/c1-10(2)9-17-8-7-14-12(16-13)15-11-5-3-4-6-11/h10-11H,3-9,13H2,1-2H3,(H2,14,15,16). The Balaban J connectivity index is 2.14. The zero-order valence-electron chi connectivity index (χ0n) is 11.0. The van der Waals surface area contributed by atoms with Crippen molar-refractivity contribution in [1.82, 2.24) is 10.7 Å². The van der Waals surface area contributed by atoms with Gasteiger partial charge in [-0.3, -0.25) is 5.43 Å². The number of hydrogen-bond acceptors (Lipinski definition) is 3. The van der Waals surface area contributed by atoms with Crippen molar-refractivity contribution in [2.24, 2.45) is 16.8 Å². The summed E-state index contributed by atoms with van der Waals surface area (Å²) in [7, 11) is 0. The quantitative estimate of drug-likeness (QED) is 0.214. The third-order valence-corrected chi connectivity index (χ3v) is 2.79. The molecule has 0 aromatic heterocycles. The highest BCUT2D eigenvalue weighted by molar-refractivity contribution is 5.79. The Kier molecular flexibility index (Phi) is 6.96. The van der Waals surface area contributed by atoms with E-state index in [9.17, 15) is 0 Å². The Morgan fingerprint density at radius 3 is 2.71 bits per heavy atom. The number of nitrogens with two attached hydrogens (primary N) is 1. The molecule has 0 spiro atoms. The third-order valence-electron chi connectivity index (χ3n) is 2.79. The Hall–Kier alpha value is -0.810. The number of hydrogen-bond donors (Lipinski definition) is 3. The summed E-state index contributed by atoms with van der Waals surface area (Å²) in [6.45, 7) is 6.36. The van der Waals surface area contributed by atoms with Gasteiger partial charge in [-0.1, -0.05) is 26.7 Å². The highest BCUT2D eigenvalue weighted by Gasteiger charge is 2.15. The fourth-order valence-corrected chi connectivity index (χ4v) is 1.94. The fourth-order valence-electron chi connectivity index (χ4n) is 1.94. The van der Waals surface area contributed by atoms with Gasteiger partial charge in [0, 0.05) is 12.6 Å². The maximum atomic E-state index is 5.46. The summed E-state index contributed by atoms with van der Waals surface area (Å²) in [6, 6.07) is 0.529. The van der Waals surface area contributed by atoms with E-state index in [1.165, 1.54) is 25.7 Å². The van der Waals surface area contributed by atoms with E-state index in [1.807, 2.05) is 0 Å². The van der Waals surface area contributed by atoms with Crippen molar-refractivity contribution in [3.8, 4) is 0 Å². The van der Waals surface area contributed by atoms with Crippen LogP contribution in [0.5, 0.6) is 0 Å². The first-order valence-corrected chi connectivity index (χ1v) is 6.57. The molecule has 0 bridgehead atoms. The smallest absolute Gasteiger partial charge is 0.206 e. The normalized spacial score (nSPS) is 17.8. The van der Waals surface area contributed by atoms with E-state index in [2.05, 4.69) is 29.6 Å². The van der Waals surface area contributed by atoms with Gasteiger partial charge in [-0.25, -0.2) is 10.8 Å². The minimum atomic E-state index is 0.529. The molecule has 100 valence electrons. The Morgan fingerprint density at radius 1 is 1.41 bits per heavy atom. The molecule has 0 radical (unpaired) electrons. The Bertz CT molecular complexity index is 225. The van der Waals surface area contributed by atoms with Crippen LogP contribution in [0.2, 0.25) is 0 Å². The van der Waals surface area contributed by atoms with Crippen LogP contribution >= 0.6 is 0 Å². The maximum Gasteiger partial charge on any atom is 0.206 e. The number of nitrogens with one attached hydrogen (secondary N) is 2. The largest absolute Gasteiger partial charge is 0.379 e. The van der Waals surface area contributed by atoms with Crippen LogP contribution in [0.1, 0.15) is 39.5 Å². The van der Waals surface area contributed by atoms with Crippen molar-refractivity contribution >= 4 is 5.96 Å². The first kappa shape index (κ1) is 14.3. The van der Waals surface area contributed by atoms with Crippen LogP contribution < -0.4 is 16.6 Å². The van der Waals surface area contributed by atoms with Crippen molar-refractivity contribution < 1.29 is 4.74 Å². The highest BCUT2D eigenvalue weighted by atomic mass is 16.5. The van der Waals surface area contributed by atoms with Crippen LogP contribution in [-0.4, -0.2) is 31.8 Å². The molecule has 1 aliphatic carbocycles. The van der Waals surface area contributed by atoms with Gasteiger partial charge in [0.15, 0.2) is 0 Å². The van der Waals surface area contributed by atoms with Gasteiger partial charge in [-0.05, 0) is 18.8 Å². The Morgan fingerprint density at radius 2 is 2.12 bits per heavy atom. The first-order valence-electron chi connectivity index (χ1n) is 6.57.